The fourth-order valence-corrected chi connectivity index (χ4v) is 2.23. The lowest BCUT2D eigenvalue weighted by molar-refractivity contribution is 0.612. The van der Waals surface area contributed by atoms with E-state index >= 15 is 0 Å². The number of halogens is 2. The summed E-state index contributed by atoms with van der Waals surface area (Å²) in [5, 5.41) is 3.15. The zero-order valence-electron chi connectivity index (χ0n) is 11.0. The molecule has 0 saturated carbocycles. The molecule has 0 unspecified atom stereocenters. The van der Waals surface area contributed by atoms with E-state index in [1.54, 1.807) is 24.8 Å². The van der Waals surface area contributed by atoms with E-state index in [1.807, 2.05) is 29.0 Å². The molecular formula is C15H12BrFN4. The Bertz CT molecular complexity index is 726. The summed E-state index contributed by atoms with van der Waals surface area (Å²) in [6.45, 7) is 0.408. The fraction of sp³-hybridized carbons (Fsp3) is 0.0667. The largest absolute Gasteiger partial charge is 0.380 e. The van der Waals surface area contributed by atoms with E-state index < -0.39 is 0 Å². The van der Waals surface area contributed by atoms with E-state index in [-0.39, 0.29) is 5.82 Å². The van der Waals surface area contributed by atoms with Crippen LogP contribution in [0.2, 0.25) is 0 Å². The Morgan fingerprint density at radius 2 is 2.14 bits per heavy atom. The number of anilines is 1. The fourth-order valence-electron chi connectivity index (χ4n) is 1.90. The zero-order chi connectivity index (χ0) is 14.7. The van der Waals surface area contributed by atoms with Gasteiger partial charge in [-0.25, -0.2) is 14.4 Å². The summed E-state index contributed by atoms with van der Waals surface area (Å²) in [6, 6.07) is 8.80. The third-order valence-corrected chi connectivity index (χ3v) is 3.51. The molecule has 0 aliphatic heterocycles. The average Bonchev–Trinajstić information content (AvgIpc) is 3.01. The highest BCUT2D eigenvalue weighted by atomic mass is 79.9. The highest BCUT2D eigenvalue weighted by molar-refractivity contribution is 9.10. The Balaban J connectivity index is 1.68. The van der Waals surface area contributed by atoms with E-state index in [0.717, 1.165) is 16.0 Å². The minimum absolute atomic E-state index is 0.236. The van der Waals surface area contributed by atoms with Gasteiger partial charge >= 0.3 is 0 Å². The van der Waals surface area contributed by atoms with Gasteiger partial charge < -0.3 is 5.32 Å². The standard InChI is InChI=1S/C15H12BrFN4/c16-12-2-1-11(14(17)7-12)8-19-13-3-4-15(20-9-13)21-6-5-18-10-21/h1-7,9-10,19H,8H2. The van der Waals surface area contributed by atoms with E-state index in [9.17, 15) is 4.39 Å². The molecule has 0 bridgehead atoms. The number of aromatic nitrogens is 3. The van der Waals surface area contributed by atoms with Gasteiger partial charge in [-0.1, -0.05) is 22.0 Å². The van der Waals surface area contributed by atoms with Crippen molar-refractivity contribution in [3.8, 4) is 5.82 Å². The Hall–Kier alpha value is -2.21. The van der Waals surface area contributed by atoms with Crippen molar-refractivity contribution in [3.05, 3.63) is 71.1 Å². The van der Waals surface area contributed by atoms with Gasteiger partial charge in [0.1, 0.15) is 18.0 Å². The second kappa shape index (κ2) is 6.05. The minimum Gasteiger partial charge on any atom is -0.380 e. The number of pyridine rings is 1. The monoisotopic (exact) mass is 346 g/mol. The van der Waals surface area contributed by atoms with Crippen LogP contribution in [0.25, 0.3) is 5.82 Å². The van der Waals surface area contributed by atoms with Gasteiger partial charge in [0, 0.05) is 29.0 Å². The van der Waals surface area contributed by atoms with Crippen molar-refractivity contribution in [2.75, 3.05) is 5.32 Å². The Morgan fingerprint density at radius 3 is 2.81 bits per heavy atom. The number of hydrogen-bond acceptors (Lipinski definition) is 3. The van der Waals surface area contributed by atoms with Crippen molar-refractivity contribution in [1.82, 2.24) is 14.5 Å². The van der Waals surface area contributed by atoms with Crippen LogP contribution >= 0.6 is 15.9 Å². The molecule has 0 spiro atoms. The number of rotatable bonds is 4. The number of imidazole rings is 1. The first-order chi connectivity index (χ1) is 10.2. The third-order valence-electron chi connectivity index (χ3n) is 3.01. The molecule has 6 heteroatoms. The molecule has 0 saturated heterocycles. The molecule has 1 aromatic carbocycles. The highest BCUT2D eigenvalue weighted by Crippen LogP contribution is 2.17. The second-order valence-electron chi connectivity index (χ2n) is 4.46. The predicted octanol–water partition coefficient (Wildman–Crippen LogP) is 3.78. The van der Waals surface area contributed by atoms with E-state index in [4.69, 9.17) is 0 Å². The molecule has 21 heavy (non-hydrogen) atoms. The van der Waals surface area contributed by atoms with E-state index in [1.165, 1.54) is 6.07 Å². The molecule has 0 amide bonds. The molecule has 3 rings (SSSR count). The predicted molar refractivity (Wildman–Crippen MR) is 82.8 cm³/mol. The molecular weight excluding hydrogens is 335 g/mol. The molecule has 1 N–H and O–H groups in total. The molecule has 0 fully saturated rings. The van der Waals surface area contributed by atoms with Gasteiger partial charge in [-0.3, -0.25) is 4.57 Å². The Kier molecular flexibility index (Phi) is 3.96. The first kappa shape index (κ1) is 13.8. The van der Waals surface area contributed by atoms with Crippen LogP contribution in [0.4, 0.5) is 10.1 Å². The maximum absolute atomic E-state index is 13.7. The number of nitrogens with one attached hydrogen (secondary N) is 1. The number of nitrogens with zero attached hydrogens (tertiary/aromatic N) is 3. The third kappa shape index (κ3) is 3.28. The van der Waals surface area contributed by atoms with Gasteiger partial charge in [0.05, 0.1) is 11.9 Å². The maximum atomic E-state index is 13.7. The summed E-state index contributed by atoms with van der Waals surface area (Å²) in [6.07, 6.45) is 6.93. The minimum atomic E-state index is -0.236. The van der Waals surface area contributed by atoms with Crippen molar-refractivity contribution >= 4 is 21.6 Å². The summed E-state index contributed by atoms with van der Waals surface area (Å²) in [5.41, 5.74) is 1.44. The van der Waals surface area contributed by atoms with E-state index in [0.29, 0.717) is 12.1 Å². The highest BCUT2D eigenvalue weighted by Gasteiger charge is 2.03. The molecule has 0 aliphatic carbocycles. The van der Waals surface area contributed by atoms with Gasteiger partial charge in [-0.05, 0) is 24.3 Å². The van der Waals surface area contributed by atoms with Crippen LogP contribution in [-0.2, 0) is 6.54 Å². The van der Waals surface area contributed by atoms with Gasteiger partial charge in [-0.15, -0.1) is 0 Å². The summed E-state index contributed by atoms with van der Waals surface area (Å²) < 4.78 is 16.3. The average molecular weight is 347 g/mol. The van der Waals surface area contributed by atoms with Crippen molar-refractivity contribution in [2.24, 2.45) is 0 Å². The first-order valence-corrected chi connectivity index (χ1v) is 7.14. The number of benzene rings is 1. The van der Waals surface area contributed by atoms with Crippen molar-refractivity contribution < 1.29 is 4.39 Å². The molecule has 2 heterocycles. The SMILES string of the molecule is Fc1cc(Br)ccc1CNc1ccc(-n2ccnc2)nc1. The van der Waals surface area contributed by atoms with Gasteiger partial charge in [-0.2, -0.15) is 0 Å². The topological polar surface area (TPSA) is 42.7 Å². The summed E-state index contributed by atoms with van der Waals surface area (Å²) in [7, 11) is 0. The van der Waals surface area contributed by atoms with Crippen LogP contribution < -0.4 is 5.32 Å². The van der Waals surface area contributed by atoms with Crippen LogP contribution in [0.1, 0.15) is 5.56 Å². The van der Waals surface area contributed by atoms with Gasteiger partial charge in [0.25, 0.3) is 0 Å². The molecule has 106 valence electrons. The second-order valence-corrected chi connectivity index (χ2v) is 5.38. The maximum Gasteiger partial charge on any atom is 0.137 e. The molecule has 3 aromatic rings. The van der Waals surface area contributed by atoms with Crippen LogP contribution in [-0.4, -0.2) is 14.5 Å². The molecule has 0 radical (unpaired) electrons. The molecule has 0 atom stereocenters. The lowest BCUT2D eigenvalue weighted by Gasteiger charge is -2.08. The Labute approximate surface area is 129 Å². The van der Waals surface area contributed by atoms with E-state index in [2.05, 4.69) is 31.2 Å². The normalized spacial score (nSPS) is 10.6. The Morgan fingerprint density at radius 1 is 1.24 bits per heavy atom. The van der Waals surface area contributed by atoms with Crippen LogP contribution in [0, 0.1) is 5.82 Å². The lowest BCUT2D eigenvalue weighted by atomic mass is 10.2. The lowest BCUT2D eigenvalue weighted by Crippen LogP contribution is -2.03. The molecule has 0 aliphatic rings. The smallest absolute Gasteiger partial charge is 0.137 e. The summed E-state index contributed by atoms with van der Waals surface area (Å²) >= 11 is 3.24. The van der Waals surface area contributed by atoms with Crippen LogP contribution in [0.15, 0.2) is 59.7 Å². The zero-order valence-corrected chi connectivity index (χ0v) is 12.6. The van der Waals surface area contributed by atoms with Crippen LogP contribution in [0.5, 0.6) is 0 Å². The van der Waals surface area contributed by atoms with Crippen molar-refractivity contribution in [2.45, 2.75) is 6.54 Å². The summed E-state index contributed by atoms with van der Waals surface area (Å²) in [4.78, 5) is 8.30. The van der Waals surface area contributed by atoms with Crippen molar-refractivity contribution in [1.29, 1.82) is 0 Å². The van der Waals surface area contributed by atoms with Gasteiger partial charge in [0.15, 0.2) is 0 Å². The van der Waals surface area contributed by atoms with Crippen molar-refractivity contribution in [3.63, 3.8) is 0 Å². The molecule has 2 aromatic heterocycles. The molecule has 4 nitrogen and oxygen atoms in total. The van der Waals surface area contributed by atoms with Gasteiger partial charge in [0.2, 0.25) is 0 Å². The quantitative estimate of drug-likeness (QED) is 0.781. The number of hydrogen-bond donors (Lipinski definition) is 1. The van der Waals surface area contributed by atoms with Crippen LogP contribution in [0.3, 0.4) is 0 Å². The first-order valence-electron chi connectivity index (χ1n) is 6.34. The summed E-state index contributed by atoms with van der Waals surface area (Å²) in [5.74, 6) is 0.549.